The first-order valence-corrected chi connectivity index (χ1v) is 5.14. The summed E-state index contributed by atoms with van der Waals surface area (Å²) in [4.78, 5) is 20.2. The zero-order valence-corrected chi connectivity index (χ0v) is 9.09. The maximum atomic E-state index is 11.4. The van der Waals surface area contributed by atoms with Gasteiger partial charge in [-0.05, 0) is 31.6 Å². The maximum absolute atomic E-state index is 11.4. The summed E-state index contributed by atoms with van der Waals surface area (Å²) < 4.78 is 0. The highest BCUT2D eigenvalue weighted by Crippen LogP contribution is 2.43. The van der Waals surface area contributed by atoms with Gasteiger partial charge in [-0.2, -0.15) is 0 Å². The van der Waals surface area contributed by atoms with Crippen LogP contribution in [0.15, 0.2) is 12.2 Å². The predicted molar refractivity (Wildman–Crippen MR) is 55.1 cm³/mol. The van der Waals surface area contributed by atoms with Crippen molar-refractivity contribution >= 4 is 12.2 Å². The molecular weight excluding hydrogens is 194 g/mol. The van der Waals surface area contributed by atoms with Crippen molar-refractivity contribution in [3.05, 3.63) is 12.2 Å². The van der Waals surface area contributed by atoms with Crippen LogP contribution in [0, 0.1) is 17.8 Å². The van der Waals surface area contributed by atoms with Crippen LogP contribution in [0.2, 0.25) is 0 Å². The number of allylic oxidation sites excluding steroid dienone is 2. The first kappa shape index (κ1) is 11.9. The van der Waals surface area contributed by atoms with E-state index >= 15 is 0 Å². The van der Waals surface area contributed by atoms with E-state index in [1.165, 1.54) is 14.0 Å². The molecule has 2 bridgehead atoms. The van der Waals surface area contributed by atoms with Crippen LogP contribution in [0.5, 0.6) is 0 Å². The molecule has 4 nitrogen and oxygen atoms in total. The van der Waals surface area contributed by atoms with Gasteiger partial charge in [-0.3, -0.25) is 10.0 Å². The molecule has 4 heteroatoms. The number of rotatable bonds is 1. The number of aldehydes is 1. The van der Waals surface area contributed by atoms with Gasteiger partial charge in [0.2, 0.25) is 5.91 Å². The van der Waals surface area contributed by atoms with Crippen LogP contribution in [0.25, 0.3) is 0 Å². The lowest BCUT2D eigenvalue weighted by atomic mass is 9.93. The van der Waals surface area contributed by atoms with E-state index in [0.717, 1.165) is 24.2 Å². The van der Waals surface area contributed by atoms with Gasteiger partial charge in [0.1, 0.15) is 6.29 Å². The Morgan fingerprint density at radius 3 is 2.40 bits per heavy atom. The topological polar surface area (TPSA) is 57.6 Å². The fourth-order valence-electron chi connectivity index (χ4n) is 2.30. The molecule has 0 heterocycles. The van der Waals surface area contributed by atoms with Crippen LogP contribution in [0.1, 0.15) is 19.8 Å². The minimum Gasteiger partial charge on any atom is -0.304 e. The third-order valence-electron chi connectivity index (χ3n) is 2.92. The number of hydroxylamine groups is 2. The average Bonchev–Trinajstić information content (AvgIpc) is 2.78. The summed E-state index contributed by atoms with van der Waals surface area (Å²) >= 11 is 0. The van der Waals surface area contributed by atoms with Crippen molar-refractivity contribution in [2.45, 2.75) is 19.8 Å². The molecule has 1 saturated carbocycles. The van der Waals surface area contributed by atoms with Crippen molar-refractivity contribution in [2.24, 2.45) is 17.8 Å². The molecule has 0 saturated heterocycles. The molecule has 84 valence electrons. The molecule has 3 unspecified atom stereocenters. The van der Waals surface area contributed by atoms with E-state index in [0.29, 0.717) is 11.8 Å². The number of hydrogen-bond donors (Lipinski definition) is 1. The number of hydrogen-bond acceptors (Lipinski definition) is 3. The van der Waals surface area contributed by atoms with Crippen LogP contribution in [0.3, 0.4) is 0 Å². The SMILES string of the molecule is CC=O.CN(O)C(=O)C1CC2C=CC1C2. The Morgan fingerprint density at radius 2 is 2.07 bits per heavy atom. The summed E-state index contributed by atoms with van der Waals surface area (Å²) in [7, 11) is 1.40. The van der Waals surface area contributed by atoms with Gasteiger partial charge in [0.05, 0.1) is 0 Å². The summed E-state index contributed by atoms with van der Waals surface area (Å²) in [6.45, 7) is 1.44. The third-order valence-corrected chi connectivity index (χ3v) is 2.92. The number of fused-ring (bicyclic) bond motifs is 2. The lowest BCUT2D eigenvalue weighted by molar-refractivity contribution is -0.165. The van der Waals surface area contributed by atoms with Gasteiger partial charge in [-0.15, -0.1) is 0 Å². The van der Waals surface area contributed by atoms with Gasteiger partial charge in [-0.1, -0.05) is 12.2 Å². The van der Waals surface area contributed by atoms with E-state index in [1.54, 1.807) is 0 Å². The summed E-state index contributed by atoms with van der Waals surface area (Å²) in [6, 6.07) is 0. The van der Waals surface area contributed by atoms with E-state index in [4.69, 9.17) is 10.0 Å². The lowest BCUT2D eigenvalue weighted by Crippen LogP contribution is -2.32. The fourth-order valence-corrected chi connectivity index (χ4v) is 2.30. The minimum absolute atomic E-state index is 0.0370. The number of amides is 1. The van der Waals surface area contributed by atoms with Gasteiger partial charge < -0.3 is 4.79 Å². The second-order valence-electron chi connectivity index (χ2n) is 3.98. The average molecular weight is 211 g/mol. The Hall–Kier alpha value is -1.16. The zero-order valence-electron chi connectivity index (χ0n) is 9.09. The molecule has 0 aliphatic heterocycles. The number of nitrogens with zero attached hydrogens (tertiary/aromatic N) is 1. The Morgan fingerprint density at radius 1 is 1.47 bits per heavy atom. The molecule has 0 aromatic heterocycles. The van der Waals surface area contributed by atoms with E-state index in [1.807, 2.05) is 0 Å². The monoisotopic (exact) mass is 211 g/mol. The largest absolute Gasteiger partial charge is 0.304 e. The minimum atomic E-state index is -0.133. The normalized spacial score (nSPS) is 30.7. The second-order valence-corrected chi connectivity index (χ2v) is 3.98. The van der Waals surface area contributed by atoms with E-state index in [9.17, 15) is 4.79 Å². The molecule has 2 rings (SSSR count). The fraction of sp³-hybridized carbons (Fsp3) is 0.636. The molecule has 15 heavy (non-hydrogen) atoms. The zero-order chi connectivity index (χ0) is 11.4. The highest BCUT2D eigenvalue weighted by Gasteiger charge is 2.40. The van der Waals surface area contributed by atoms with E-state index in [-0.39, 0.29) is 11.8 Å². The molecule has 2 aliphatic carbocycles. The Bertz CT molecular complexity index is 273. The molecular formula is C11H17NO3. The first-order chi connectivity index (χ1) is 7.10. The standard InChI is InChI=1S/C9H13NO2.C2H4O/c1-10(12)9(11)8-5-6-2-3-7(8)4-6;1-2-3/h2-3,6-8,12H,4-5H2,1H3;2H,1H3. The van der Waals surface area contributed by atoms with Crippen LogP contribution in [-0.2, 0) is 9.59 Å². The summed E-state index contributed by atoms with van der Waals surface area (Å²) in [5.74, 6) is 0.878. The van der Waals surface area contributed by atoms with Crippen molar-refractivity contribution < 1.29 is 14.8 Å². The third kappa shape index (κ3) is 2.65. The Balaban J connectivity index is 0.000000337. The molecule has 0 spiro atoms. The summed E-state index contributed by atoms with van der Waals surface area (Å²) in [5, 5.41) is 9.69. The quantitative estimate of drug-likeness (QED) is 0.307. The predicted octanol–water partition coefficient (Wildman–Crippen LogP) is 1.25. The maximum Gasteiger partial charge on any atom is 0.249 e. The molecule has 0 radical (unpaired) electrons. The highest BCUT2D eigenvalue weighted by atomic mass is 16.5. The Kier molecular flexibility index (Phi) is 4.03. The van der Waals surface area contributed by atoms with Crippen LogP contribution in [-0.4, -0.2) is 29.5 Å². The van der Waals surface area contributed by atoms with Gasteiger partial charge in [0.25, 0.3) is 0 Å². The Labute approximate surface area is 89.5 Å². The molecule has 0 aromatic rings. The van der Waals surface area contributed by atoms with Crippen molar-refractivity contribution in [1.29, 1.82) is 0 Å². The van der Waals surface area contributed by atoms with Gasteiger partial charge in [0, 0.05) is 13.0 Å². The molecule has 1 N–H and O–H groups in total. The van der Waals surface area contributed by atoms with E-state index < -0.39 is 0 Å². The molecule has 0 aromatic carbocycles. The van der Waals surface area contributed by atoms with Gasteiger partial charge >= 0.3 is 0 Å². The van der Waals surface area contributed by atoms with Crippen molar-refractivity contribution in [1.82, 2.24) is 5.06 Å². The molecule has 2 aliphatic rings. The van der Waals surface area contributed by atoms with Crippen LogP contribution in [0.4, 0.5) is 0 Å². The summed E-state index contributed by atoms with van der Waals surface area (Å²) in [5.41, 5.74) is 0. The van der Waals surface area contributed by atoms with Gasteiger partial charge in [-0.25, -0.2) is 5.06 Å². The highest BCUT2D eigenvalue weighted by molar-refractivity contribution is 5.78. The second kappa shape index (κ2) is 5.07. The number of carbonyl (C=O) groups excluding carboxylic acids is 2. The molecule has 1 fully saturated rings. The molecule has 1 amide bonds. The van der Waals surface area contributed by atoms with Gasteiger partial charge in [0.15, 0.2) is 0 Å². The molecule has 3 atom stereocenters. The smallest absolute Gasteiger partial charge is 0.249 e. The van der Waals surface area contributed by atoms with Crippen molar-refractivity contribution in [3.8, 4) is 0 Å². The number of carbonyl (C=O) groups is 2. The summed E-state index contributed by atoms with van der Waals surface area (Å²) in [6.07, 6.45) is 7.07. The van der Waals surface area contributed by atoms with Crippen LogP contribution >= 0.6 is 0 Å². The van der Waals surface area contributed by atoms with Crippen LogP contribution < -0.4 is 0 Å². The van der Waals surface area contributed by atoms with Crippen molar-refractivity contribution in [3.63, 3.8) is 0 Å². The van der Waals surface area contributed by atoms with E-state index in [2.05, 4.69) is 12.2 Å². The first-order valence-electron chi connectivity index (χ1n) is 5.14. The van der Waals surface area contributed by atoms with Crippen molar-refractivity contribution in [2.75, 3.05) is 7.05 Å². The lowest BCUT2D eigenvalue weighted by Gasteiger charge is -2.19.